The van der Waals surface area contributed by atoms with Gasteiger partial charge in [0.15, 0.2) is 0 Å². The third-order valence-corrected chi connectivity index (χ3v) is 5.28. The molecule has 0 amide bonds. The van der Waals surface area contributed by atoms with Gasteiger partial charge in [0.05, 0.1) is 5.69 Å². The third kappa shape index (κ3) is 4.32. The number of thioether (sulfide) groups is 1. The summed E-state index contributed by atoms with van der Waals surface area (Å²) in [5.74, 6) is 0.979. The van der Waals surface area contributed by atoms with Crippen molar-refractivity contribution in [2.24, 2.45) is 5.73 Å². The van der Waals surface area contributed by atoms with Crippen LogP contribution >= 0.6 is 11.8 Å². The number of pyridine rings is 1. The Morgan fingerprint density at radius 3 is 2.91 bits per heavy atom. The molecule has 0 fully saturated rings. The van der Waals surface area contributed by atoms with Crippen LogP contribution in [-0.4, -0.2) is 34.8 Å². The summed E-state index contributed by atoms with van der Waals surface area (Å²) in [5, 5.41) is 0. The number of rotatable bonds is 6. The Balaban J connectivity index is 1.41. The van der Waals surface area contributed by atoms with Gasteiger partial charge in [-0.3, -0.25) is 9.88 Å². The van der Waals surface area contributed by atoms with E-state index in [1.165, 1.54) is 16.2 Å². The van der Waals surface area contributed by atoms with E-state index in [4.69, 9.17) is 5.73 Å². The Hall–Kier alpha value is -1.36. The maximum Gasteiger partial charge on any atom is 0.0576 e. The molecule has 116 valence electrons. The topological polar surface area (TPSA) is 42.1 Å². The molecule has 1 aromatic heterocycles. The van der Waals surface area contributed by atoms with Crippen LogP contribution in [-0.2, 0) is 13.0 Å². The lowest BCUT2D eigenvalue weighted by molar-refractivity contribution is 0.242. The zero-order valence-electron chi connectivity index (χ0n) is 12.8. The maximum atomic E-state index is 6.27. The van der Waals surface area contributed by atoms with E-state index in [2.05, 4.69) is 40.2 Å². The fourth-order valence-electron chi connectivity index (χ4n) is 2.75. The predicted molar refractivity (Wildman–Crippen MR) is 93.0 cm³/mol. The van der Waals surface area contributed by atoms with Crippen molar-refractivity contribution in [3.63, 3.8) is 0 Å². The minimum absolute atomic E-state index is 0.246. The molecule has 2 N–H and O–H groups in total. The number of aromatic nitrogens is 1. The van der Waals surface area contributed by atoms with E-state index >= 15 is 0 Å². The van der Waals surface area contributed by atoms with Gasteiger partial charge >= 0.3 is 0 Å². The maximum absolute atomic E-state index is 6.27. The van der Waals surface area contributed by atoms with Crippen LogP contribution in [0.25, 0.3) is 0 Å². The predicted octanol–water partition coefficient (Wildman–Crippen LogP) is 2.95. The van der Waals surface area contributed by atoms with E-state index in [1.54, 1.807) is 0 Å². The molecular weight excluding hydrogens is 290 g/mol. The highest BCUT2D eigenvalue weighted by molar-refractivity contribution is 7.99. The molecule has 2 heterocycles. The molecule has 3 rings (SSSR count). The first kappa shape index (κ1) is 15.5. The van der Waals surface area contributed by atoms with Gasteiger partial charge in [-0.25, -0.2) is 0 Å². The largest absolute Gasteiger partial charge is 0.327 e. The lowest BCUT2D eigenvalue weighted by Crippen LogP contribution is -2.35. The van der Waals surface area contributed by atoms with Gasteiger partial charge in [-0.15, -0.1) is 11.8 Å². The zero-order chi connectivity index (χ0) is 15.2. The van der Waals surface area contributed by atoms with E-state index in [0.29, 0.717) is 0 Å². The van der Waals surface area contributed by atoms with Crippen molar-refractivity contribution in [2.45, 2.75) is 30.3 Å². The van der Waals surface area contributed by atoms with Gasteiger partial charge in [-0.1, -0.05) is 24.3 Å². The van der Waals surface area contributed by atoms with Gasteiger partial charge in [-0.2, -0.15) is 0 Å². The first-order chi connectivity index (χ1) is 10.8. The van der Waals surface area contributed by atoms with Gasteiger partial charge < -0.3 is 5.73 Å². The Labute approximate surface area is 136 Å². The fourth-order valence-corrected chi connectivity index (χ4v) is 3.68. The second kappa shape index (κ2) is 7.77. The molecule has 4 heteroatoms. The molecule has 0 saturated carbocycles. The quantitative estimate of drug-likeness (QED) is 0.833. The molecule has 0 saturated heterocycles. The Morgan fingerprint density at radius 1 is 1.18 bits per heavy atom. The van der Waals surface area contributed by atoms with Crippen LogP contribution in [0.4, 0.5) is 0 Å². The number of hydrogen-bond donors (Lipinski definition) is 1. The van der Waals surface area contributed by atoms with E-state index in [9.17, 15) is 0 Å². The summed E-state index contributed by atoms with van der Waals surface area (Å²) >= 11 is 1.85. The standard InChI is InChI=1S/C18H23N3S/c19-16(14-22-17-6-2-1-3-7-17)9-12-21-11-8-15-5-4-10-20-18(15)13-21/h1-7,10,16H,8-9,11-14,19H2. The van der Waals surface area contributed by atoms with Crippen LogP contribution in [0.1, 0.15) is 17.7 Å². The van der Waals surface area contributed by atoms with Crippen LogP contribution < -0.4 is 5.73 Å². The van der Waals surface area contributed by atoms with Crippen molar-refractivity contribution < 1.29 is 0 Å². The van der Waals surface area contributed by atoms with Gasteiger partial charge in [-0.05, 0) is 36.6 Å². The van der Waals surface area contributed by atoms with Gasteiger partial charge in [0.1, 0.15) is 0 Å². The molecule has 1 aromatic carbocycles. The van der Waals surface area contributed by atoms with Gasteiger partial charge in [0, 0.05) is 42.5 Å². The lowest BCUT2D eigenvalue weighted by atomic mass is 10.0. The van der Waals surface area contributed by atoms with Crippen molar-refractivity contribution in [1.29, 1.82) is 0 Å². The Bertz CT molecular complexity index is 588. The van der Waals surface area contributed by atoms with E-state index in [-0.39, 0.29) is 6.04 Å². The van der Waals surface area contributed by atoms with Crippen LogP contribution in [0.5, 0.6) is 0 Å². The molecule has 1 atom stereocenters. The minimum atomic E-state index is 0.246. The molecule has 3 nitrogen and oxygen atoms in total. The summed E-state index contributed by atoms with van der Waals surface area (Å²) in [6, 6.07) is 15.0. The average molecular weight is 313 g/mol. The zero-order valence-corrected chi connectivity index (χ0v) is 13.6. The molecule has 0 aliphatic carbocycles. The molecule has 1 aliphatic rings. The van der Waals surface area contributed by atoms with E-state index in [1.807, 2.05) is 30.1 Å². The van der Waals surface area contributed by atoms with E-state index < -0.39 is 0 Å². The van der Waals surface area contributed by atoms with Crippen LogP contribution in [0, 0.1) is 0 Å². The summed E-state index contributed by atoms with van der Waals surface area (Å²) in [7, 11) is 0. The summed E-state index contributed by atoms with van der Waals surface area (Å²) in [6.07, 6.45) is 4.05. The first-order valence-electron chi connectivity index (χ1n) is 7.90. The molecule has 1 unspecified atom stereocenters. The molecule has 0 spiro atoms. The summed E-state index contributed by atoms with van der Waals surface area (Å²) in [5.41, 5.74) is 8.91. The van der Waals surface area contributed by atoms with Crippen molar-refractivity contribution in [3.05, 3.63) is 59.9 Å². The van der Waals surface area contributed by atoms with E-state index in [0.717, 1.165) is 38.2 Å². The smallest absolute Gasteiger partial charge is 0.0576 e. The van der Waals surface area contributed by atoms with Crippen LogP contribution in [0.15, 0.2) is 53.6 Å². The summed E-state index contributed by atoms with van der Waals surface area (Å²) < 4.78 is 0. The normalized spacial score (nSPS) is 16.2. The number of benzene rings is 1. The van der Waals surface area contributed by atoms with Crippen LogP contribution in [0.3, 0.4) is 0 Å². The van der Waals surface area contributed by atoms with Gasteiger partial charge in [0.2, 0.25) is 0 Å². The SMILES string of the molecule is NC(CCN1CCc2cccnc2C1)CSc1ccccc1. The average Bonchev–Trinajstić information content (AvgIpc) is 2.59. The summed E-state index contributed by atoms with van der Waals surface area (Å²) in [4.78, 5) is 8.27. The molecule has 0 bridgehead atoms. The van der Waals surface area contributed by atoms with Crippen molar-refractivity contribution in [1.82, 2.24) is 9.88 Å². The number of nitrogens with zero attached hydrogens (tertiary/aromatic N) is 2. The monoisotopic (exact) mass is 313 g/mol. The molecular formula is C18H23N3S. The first-order valence-corrected chi connectivity index (χ1v) is 8.88. The van der Waals surface area contributed by atoms with Crippen molar-refractivity contribution in [3.8, 4) is 0 Å². The molecule has 1 aliphatic heterocycles. The number of fused-ring (bicyclic) bond motifs is 1. The second-order valence-electron chi connectivity index (χ2n) is 5.81. The highest BCUT2D eigenvalue weighted by atomic mass is 32.2. The summed E-state index contributed by atoms with van der Waals surface area (Å²) in [6.45, 7) is 3.15. The van der Waals surface area contributed by atoms with Crippen LogP contribution in [0.2, 0.25) is 0 Å². The van der Waals surface area contributed by atoms with Crippen molar-refractivity contribution >= 4 is 11.8 Å². The molecule has 2 aromatic rings. The third-order valence-electron chi connectivity index (χ3n) is 4.08. The molecule has 0 radical (unpaired) electrons. The van der Waals surface area contributed by atoms with Crippen molar-refractivity contribution in [2.75, 3.05) is 18.8 Å². The highest BCUT2D eigenvalue weighted by Gasteiger charge is 2.17. The second-order valence-corrected chi connectivity index (χ2v) is 6.90. The fraction of sp³-hybridized carbons (Fsp3) is 0.389. The number of hydrogen-bond acceptors (Lipinski definition) is 4. The van der Waals surface area contributed by atoms with Gasteiger partial charge in [0.25, 0.3) is 0 Å². The Morgan fingerprint density at radius 2 is 2.05 bits per heavy atom. The minimum Gasteiger partial charge on any atom is -0.327 e. The highest BCUT2D eigenvalue weighted by Crippen LogP contribution is 2.19. The molecule has 22 heavy (non-hydrogen) atoms. The number of nitrogens with two attached hydrogens (primary N) is 1. The Kier molecular flexibility index (Phi) is 5.48. The lowest BCUT2D eigenvalue weighted by Gasteiger charge is -2.28.